The lowest BCUT2D eigenvalue weighted by atomic mass is 10.5. The number of hydrogen-bond acceptors (Lipinski definition) is 4. The van der Waals surface area contributed by atoms with Gasteiger partial charge in [0.2, 0.25) is 0 Å². The number of carboxylic acid groups (broad SMARTS) is 1. The molecule has 0 aliphatic carbocycles. The van der Waals surface area contributed by atoms with Gasteiger partial charge in [-0.3, -0.25) is 9.69 Å². The van der Waals surface area contributed by atoms with E-state index < -0.39 is 5.97 Å². The Morgan fingerprint density at radius 2 is 1.93 bits per heavy atom. The van der Waals surface area contributed by atoms with Crippen LogP contribution in [-0.2, 0) is 4.79 Å². The SMILES string of the molecule is CCN(CC)C(C)SN(C)CC(=O)O. The Bertz CT molecular complexity index is 174. The number of aliphatic carboxylic acids is 1. The molecule has 0 spiro atoms. The van der Waals surface area contributed by atoms with Gasteiger partial charge in [0.05, 0.1) is 5.37 Å². The van der Waals surface area contributed by atoms with Crippen molar-refractivity contribution in [1.29, 1.82) is 0 Å². The highest BCUT2D eigenvalue weighted by atomic mass is 32.2. The Labute approximate surface area is 90.4 Å². The van der Waals surface area contributed by atoms with Crippen molar-refractivity contribution in [1.82, 2.24) is 9.21 Å². The van der Waals surface area contributed by atoms with E-state index in [0.29, 0.717) is 5.37 Å². The van der Waals surface area contributed by atoms with E-state index in [-0.39, 0.29) is 6.54 Å². The maximum Gasteiger partial charge on any atom is 0.318 e. The van der Waals surface area contributed by atoms with Gasteiger partial charge in [0, 0.05) is 0 Å². The molecular weight excluding hydrogens is 200 g/mol. The summed E-state index contributed by atoms with van der Waals surface area (Å²) in [7, 11) is 1.80. The van der Waals surface area contributed by atoms with Crippen LogP contribution in [0.2, 0.25) is 0 Å². The van der Waals surface area contributed by atoms with E-state index in [0.717, 1.165) is 13.1 Å². The van der Waals surface area contributed by atoms with Gasteiger partial charge in [0.1, 0.15) is 6.54 Å². The standard InChI is InChI=1S/C9H20N2O2S/c1-5-11(6-2)8(3)14-10(4)7-9(12)13/h8H,5-7H2,1-4H3,(H,12,13). The van der Waals surface area contributed by atoms with Gasteiger partial charge < -0.3 is 5.11 Å². The molecule has 14 heavy (non-hydrogen) atoms. The monoisotopic (exact) mass is 220 g/mol. The lowest BCUT2D eigenvalue weighted by molar-refractivity contribution is -0.136. The first-order chi connectivity index (χ1) is 6.51. The summed E-state index contributed by atoms with van der Waals surface area (Å²) in [6.45, 7) is 8.37. The molecule has 1 atom stereocenters. The highest BCUT2D eigenvalue weighted by molar-refractivity contribution is 7.97. The van der Waals surface area contributed by atoms with Crippen LogP contribution in [0.5, 0.6) is 0 Å². The molecule has 0 heterocycles. The molecule has 1 N–H and O–H groups in total. The van der Waals surface area contributed by atoms with Crippen molar-refractivity contribution in [3.8, 4) is 0 Å². The molecule has 0 radical (unpaired) electrons. The Morgan fingerprint density at radius 3 is 2.29 bits per heavy atom. The van der Waals surface area contributed by atoms with Crippen LogP contribution >= 0.6 is 11.9 Å². The molecular formula is C9H20N2O2S. The van der Waals surface area contributed by atoms with Crippen LogP contribution in [0, 0.1) is 0 Å². The first-order valence-electron chi connectivity index (χ1n) is 4.85. The zero-order valence-corrected chi connectivity index (χ0v) is 10.2. The quantitative estimate of drug-likeness (QED) is 0.518. The fourth-order valence-electron chi connectivity index (χ4n) is 1.29. The topological polar surface area (TPSA) is 43.8 Å². The fraction of sp³-hybridized carbons (Fsp3) is 0.889. The zero-order valence-electron chi connectivity index (χ0n) is 9.36. The second kappa shape index (κ2) is 7.09. The third-order valence-electron chi connectivity index (χ3n) is 2.02. The predicted octanol–water partition coefficient (Wildman–Crippen LogP) is 1.34. The average Bonchev–Trinajstić information content (AvgIpc) is 2.04. The first kappa shape index (κ1) is 13.7. The van der Waals surface area contributed by atoms with Crippen LogP contribution in [0.4, 0.5) is 0 Å². The molecule has 0 aromatic carbocycles. The lowest BCUT2D eigenvalue weighted by Crippen LogP contribution is -2.33. The minimum atomic E-state index is -0.785. The minimum Gasteiger partial charge on any atom is -0.480 e. The summed E-state index contributed by atoms with van der Waals surface area (Å²) in [5, 5.41) is 8.91. The molecule has 1 unspecified atom stereocenters. The average molecular weight is 220 g/mol. The summed E-state index contributed by atoms with van der Waals surface area (Å²) in [5.74, 6) is -0.785. The van der Waals surface area contributed by atoms with Crippen LogP contribution in [0.15, 0.2) is 0 Å². The molecule has 4 nitrogen and oxygen atoms in total. The van der Waals surface area contributed by atoms with Crippen molar-refractivity contribution in [2.45, 2.75) is 26.1 Å². The van der Waals surface area contributed by atoms with E-state index in [1.807, 2.05) is 0 Å². The Kier molecular flexibility index (Phi) is 6.96. The summed E-state index contributed by atoms with van der Waals surface area (Å²) in [5.41, 5.74) is 0. The van der Waals surface area contributed by atoms with Gasteiger partial charge >= 0.3 is 5.97 Å². The Balaban J connectivity index is 3.90. The molecule has 0 bridgehead atoms. The van der Waals surface area contributed by atoms with Crippen molar-refractivity contribution in [3.63, 3.8) is 0 Å². The third kappa shape index (κ3) is 5.47. The summed E-state index contributed by atoms with van der Waals surface area (Å²) < 4.78 is 1.76. The molecule has 0 aromatic heterocycles. The largest absolute Gasteiger partial charge is 0.480 e. The maximum absolute atomic E-state index is 10.4. The number of rotatable bonds is 7. The molecule has 0 aromatic rings. The van der Waals surface area contributed by atoms with E-state index >= 15 is 0 Å². The van der Waals surface area contributed by atoms with E-state index in [4.69, 9.17) is 5.11 Å². The number of likely N-dealkylation sites (N-methyl/N-ethyl adjacent to an activating group) is 1. The summed E-state index contributed by atoms with van der Waals surface area (Å²) >= 11 is 1.56. The second-order valence-corrected chi connectivity index (χ2v) is 4.62. The van der Waals surface area contributed by atoms with E-state index in [9.17, 15) is 4.79 Å². The van der Waals surface area contributed by atoms with Crippen LogP contribution in [0.3, 0.4) is 0 Å². The van der Waals surface area contributed by atoms with Crippen LogP contribution < -0.4 is 0 Å². The molecule has 0 amide bonds. The van der Waals surface area contributed by atoms with Gasteiger partial charge in [-0.05, 0) is 27.1 Å². The lowest BCUT2D eigenvalue weighted by Gasteiger charge is -2.28. The number of carboxylic acids is 1. The zero-order chi connectivity index (χ0) is 11.1. The third-order valence-corrected chi connectivity index (χ3v) is 3.11. The second-order valence-electron chi connectivity index (χ2n) is 3.11. The highest BCUT2D eigenvalue weighted by Gasteiger charge is 2.14. The maximum atomic E-state index is 10.4. The predicted molar refractivity (Wildman–Crippen MR) is 60.2 cm³/mol. The van der Waals surface area contributed by atoms with Gasteiger partial charge in [-0.25, -0.2) is 4.31 Å². The van der Waals surface area contributed by atoms with Crippen LogP contribution in [0.25, 0.3) is 0 Å². The van der Waals surface area contributed by atoms with E-state index in [1.54, 1.807) is 23.3 Å². The fourth-order valence-corrected chi connectivity index (χ4v) is 2.43. The van der Waals surface area contributed by atoms with Crippen molar-refractivity contribution in [2.24, 2.45) is 0 Å². The Hall–Kier alpha value is -0.260. The van der Waals surface area contributed by atoms with Crippen molar-refractivity contribution >= 4 is 17.9 Å². The molecule has 84 valence electrons. The summed E-state index contributed by atoms with van der Waals surface area (Å²) in [6, 6.07) is 0. The number of nitrogens with zero attached hydrogens (tertiary/aromatic N) is 2. The number of carbonyl (C=O) groups is 1. The smallest absolute Gasteiger partial charge is 0.318 e. The van der Waals surface area contributed by atoms with Gasteiger partial charge in [-0.1, -0.05) is 25.8 Å². The molecule has 0 rings (SSSR count). The molecule has 5 heteroatoms. The van der Waals surface area contributed by atoms with Gasteiger partial charge in [0.15, 0.2) is 0 Å². The van der Waals surface area contributed by atoms with Gasteiger partial charge in [0.25, 0.3) is 0 Å². The normalized spacial score (nSPS) is 13.6. The number of hydrogen-bond donors (Lipinski definition) is 1. The first-order valence-corrected chi connectivity index (χ1v) is 5.68. The van der Waals surface area contributed by atoms with E-state index in [1.165, 1.54) is 0 Å². The van der Waals surface area contributed by atoms with E-state index in [2.05, 4.69) is 25.7 Å². The minimum absolute atomic E-state index is 0.0796. The molecule has 0 saturated carbocycles. The van der Waals surface area contributed by atoms with Crippen molar-refractivity contribution < 1.29 is 9.90 Å². The molecule has 0 aliphatic rings. The summed E-state index contributed by atoms with van der Waals surface area (Å²) in [4.78, 5) is 12.7. The highest BCUT2D eigenvalue weighted by Crippen LogP contribution is 2.17. The molecule has 0 fully saturated rings. The van der Waals surface area contributed by atoms with Gasteiger partial charge in [-0.15, -0.1) is 0 Å². The summed E-state index contributed by atoms with van der Waals surface area (Å²) in [6.07, 6.45) is 0. The molecule has 0 aliphatic heterocycles. The van der Waals surface area contributed by atoms with Crippen LogP contribution in [0.1, 0.15) is 20.8 Å². The Morgan fingerprint density at radius 1 is 1.43 bits per heavy atom. The van der Waals surface area contributed by atoms with Crippen molar-refractivity contribution in [2.75, 3.05) is 26.7 Å². The van der Waals surface area contributed by atoms with Crippen molar-refractivity contribution in [3.05, 3.63) is 0 Å². The van der Waals surface area contributed by atoms with Crippen LogP contribution in [-0.4, -0.2) is 52.3 Å². The molecule has 0 saturated heterocycles. The van der Waals surface area contributed by atoms with Gasteiger partial charge in [-0.2, -0.15) is 0 Å².